The van der Waals surface area contributed by atoms with E-state index in [4.69, 9.17) is 5.11 Å². The first kappa shape index (κ1) is 13.4. The molecule has 3 heteroatoms. The van der Waals surface area contributed by atoms with Gasteiger partial charge in [0.05, 0.1) is 0 Å². The van der Waals surface area contributed by atoms with Gasteiger partial charge in [0.2, 0.25) is 0 Å². The first-order valence-corrected chi connectivity index (χ1v) is 5.45. The minimum Gasteiger partial charge on any atom is -0.481 e. The lowest BCUT2D eigenvalue weighted by Gasteiger charge is -2.11. The number of hydrogen-bond donors (Lipinski definition) is 2. The standard InChI is InChI=1S/C11H23NO2/c1-9(2)8-12-7-6-10(3)4-5-11(13)14/h9-10,12H,4-8H2,1-3H3,(H,13,14). The van der Waals surface area contributed by atoms with Crippen molar-refractivity contribution in [3.63, 3.8) is 0 Å². The number of rotatable bonds is 8. The molecule has 0 aromatic rings. The fourth-order valence-electron chi connectivity index (χ4n) is 1.25. The summed E-state index contributed by atoms with van der Waals surface area (Å²) in [5.41, 5.74) is 0. The molecule has 0 rings (SSSR count). The lowest BCUT2D eigenvalue weighted by atomic mass is 10.0. The van der Waals surface area contributed by atoms with E-state index in [1.807, 2.05) is 0 Å². The molecule has 0 saturated heterocycles. The van der Waals surface area contributed by atoms with E-state index >= 15 is 0 Å². The van der Waals surface area contributed by atoms with Crippen LogP contribution in [0.5, 0.6) is 0 Å². The predicted octanol–water partition coefficient (Wildman–Crippen LogP) is 2.12. The van der Waals surface area contributed by atoms with E-state index in [0.29, 0.717) is 18.3 Å². The molecule has 0 amide bonds. The number of nitrogens with one attached hydrogen (secondary N) is 1. The summed E-state index contributed by atoms with van der Waals surface area (Å²) in [5, 5.41) is 11.8. The highest BCUT2D eigenvalue weighted by molar-refractivity contribution is 5.66. The minimum absolute atomic E-state index is 0.297. The minimum atomic E-state index is -0.688. The van der Waals surface area contributed by atoms with Crippen molar-refractivity contribution in [2.75, 3.05) is 13.1 Å². The third-order valence-electron chi connectivity index (χ3n) is 2.22. The summed E-state index contributed by atoms with van der Waals surface area (Å²) >= 11 is 0. The van der Waals surface area contributed by atoms with Crippen LogP contribution in [-0.2, 0) is 4.79 Å². The van der Waals surface area contributed by atoms with Crippen molar-refractivity contribution < 1.29 is 9.90 Å². The van der Waals surface area contributed by atoms with Gasteiger partial charge in [0.1, 0.15) is 0 Å². The van der Waals surface area contributed by atoms with Crippen LogP contribution in [0, 0.1) is 11.8 Å². The molecule has 0 heterocycles. The summed E-state index contributed by atoms with van der Waals surface area (Å²) in [7, 11) is 0. The van der Waals surface area contributed by atoms with E-state index in [0.717, 1.165) is 25.9 Å². The van der Waals surface area contributed by atoms with Gasteiger partial charge in [-0.3, -0.25) is 4.79 Å². The van der Waals surface area contributed by atoms with Gasteiger partial charge in [-0.1, -0.05) is 20.8 Å². The quantitative estimate of drug-likeness (QED) is 0.591. The van der Waals surface area contributed by atoms with Crippen LogP contribution in [0.2, 0.25) is 0 Å². The molecule has 0 aliphatic heterocycles. The van der Waals surface area contributed by atoms with Crippen molar-refractivity contribution in [3.8, 4) is 0 Å². The highest BCUT2D eigenvalue weighted by Gasteiger charge is 2.04. The molecule has 0 bridgehead atoms. The second-order valence-corrected chi connectivity index (χ2v) is 4.42. The van der Waals surface area contributed by atoms with Gasteiger partial charge >= 0.3 is 5.97 Å². The molecule has 0 aliphatic rings. The number of carbonyl (C=O) groups is 1. The molecule has 3 nitrogen and oxygen atoms in total. The van der Waals surface area contributed by atoms with E-state index in [2.05, 4.69) is 26.1 Å². The smallest absolute Gasteiger partial charge is 0.303 e. The van der Waals surface area contributed by atoms with E-state index in [1.54, 1.807) is 0 Å². The molecule has 2 N–H and O–H groups in total. The SMILES string of the molecule is CC(C)CNCCC(C)CCC(=O)O. The zero-order valence-corrected chi connectivity index (χ0v) is 9.55. The lowest BCUT2D eigenvalue weighted by molar-refractivity contribution is -0.137. The molecule has 0 aromatic heterocycles. The summed E-state index contributed by atoms with van der Waals surface area (Å²) < 4.78 is 0. The average molecular weight is 201 g/mol. The predicted molar refractivity (Wildman–Crippen MR) is 58.4 cm³/mol. The van der Waals surface area contributed by atoms with E-state index in [9.17, 15) is 4.79 Å². The van der Waals surface area contributed by atoms with Crippen LogP contribution in [0.1, 0.15) is 40.0 Å². The van der Waals surface area contributed by atoms with Crippen LogP contribution in [0.3, 0.4) is 0 Å². The van der Waals surface area contributed by atoms with Gasteiger partial charge in [-0.15, -0.1) is 0 Å². The van der Waals surface area contributed by atoms with Crippen LogP contribution in [0.4, 0.5) is 0 Å². The van der Waals surface area contributed by atoms with Crippen LogP contribution in [0.15, 0.2) is 0 Å². The summed E-state index contributed by atoms with van der Waals surface area (Å²) in [6.45, 7) is 8.52. The van der Waals surface area contributed by atoms with Crippen LogP contribution < -0.4 is 5.32 Å². The highest BCUT2D eigenvalue weighted by Crippen LogP contribution is 2.09. The Labute approximate surface area is 86.9 Å². The second kappa shape index (κ2) is 7.80. The fraction of sp³-hybridized carbons (Fsp3) is 0.909. The molecule has 0 spiro atoms. The third kappa shape index (κ3) is 9.52. The van der Waals surface area contributed by atoms with Crippen molar-refractivity contribution in [2.45, 2.75) is 40.0 Å². The normalized spacial score (nSPS) is 13.1. The van der Waals surface area contributed by atoms with Crippen LogP contribution >= 0.6 is 0 Å². The Morgan fingerprint density at radius 1 is 1.29 bits per heavy atom. The fourth-order valence-corrected chi connectivity index (χ4v) is 1.25. The Morgan fingerprint density at radius 2 is 1.93 bits per heavy atom. The van der Waals surface area contributed by atoms with Gasteiger partial charge in [0.25, 0.3) is 0 Å². The van der Waals surface area contributed by atoms with Crippen molar-refractivity contribution in [1.29, 1.82) is 0 Å². The summed E-state index contributed by atoms with van der Waals surface area (Å²) in [6, 6.07) is 0. The molecule has 0 aromatic carbocycles. The van der Waals surface area contributed by atoms with Crippen LogP contribution in [-0.4, -0.2) is 24.2 Å². The Morgan fingerprint density at radius 3 is 2.43 bits per heavy atom. The molecule has 0 saturated carbocycles. The monoisotopic (exact) mass is 201 g/mol. The zero-order chi connectivity index (χ0) is 11.0. The van der Waals surface area contributed by atoms with Gasteiger partial charge in [0.15, 0.2) is 0 Å². The number of carboxylic acids is 1. The van der Waals surface area contributed by atoms with Gasteiger partial charge < -0.3 is 10.4 Å². The molecule has 0 aliphatic carbocycles. The average Bonchev–Trinajstić information content (AvgIpc) is 2.08. The first-order valence-electron chi connectivity index (χ1n) is 5.45. The number of hydrogen-bond acceptors (Lipinski definition) is 2. The van der Waals surface area contributed by atoms with Gasteiger partial charge in [-0.25, -0.2) is 0 Å². The van der Waals surface area contributed by atoms with Crippen molar-refractivity contribution in [3.05, 3.63) is 0 Å². The molecule has 1 unspecified atom stereocenters. The van der Waals surface area contributed by atoms with Gasteiger partial charge in [-0.05, 0) is 37.8 Å². The van der Waals surface area contributed by atoms with E-state index in [-0.39, 0.29) is 0 Å². The molecule has 1 atom stereocenters. The molecular weight excluding hydrogens is 178 g/mol. The summed E-state index contributed by atoms with van der Waals surface area (Å²) in [5.74, 6) is 0.502. The zero-order valence-electron chi connectivity index (χ0n) is 9.55. The van der Waals surface area contributed by atoms with E-state index < -0.39 is 5.97 Å². The maximum atomic E-state index is 10.3. The third-order valence-corrected chi connectivity index (χ3v) is 2.22. The van der Waals surface area contributed by atoms with Crippen molar-refractivity contribution in [1.82, 2.24) is 5.32 Å². The van der Waals surface area contributed by atoms with Crippen LogP contribution in [0.25, 0.3) is 0 Å². The number of carboxylic acid groups (broad SMARTS) is 1. The Kier molecular flexibility index (Phi) is 7.48. The Balaban J connectivity index is 3.26. The van der Waals surface area contributed by atoms with Gasteiger partial charge in [-0.2, -0.15) is 0 Å². The highest BCUT2D eigenvalue weighted by atomic mass is 16.4. The van der Waals surface area contributed by atoms with Crippen molar-refractivity contribution in [2.24, 2.45) is 11.8 Å². The Hall–Kier alpha value is -0.570. The lowest BCUT2D eigenvalue weighted by Crippen LogP contribution is -2.22. The summed E-state index contributed by atoms with van der Waals surface area (Å²) in [4.78, 5) is 10.3. The topological polar surface area (TPSA) is 49.3 Å². The summed E-state index contributed by atoms with van der Waals surface area (Å²) in [6.07, 6.45) is 2.16. The Bertz CT molecular complexity index is 157. The van der Waals surface area contributed by atoms with Gasteiger partial charge in [0, 0.05) is 6.42 Å². The maximum absolute atomic E-state index is 10.3. The maximum Gasteiger partial charge on any atom is 0.303 e. The van der Waals surface area contributed by atoms with E-state index in [1.165, 1.54) is 0 Å². The van der Waals surface area contributed by atoms with Crippen molar-refractivity contribution >= 4 is 5.97 Å². The largest absolute Gasteiger partial charge is 0.481 e. The molecule has 0 fully saturated rings. The molecular formula is C11H23NO2. The second-order valence-electron chi connectivity index (χ2n) is 4.42. The molecule has 84 valence electrons. The molecule has 14 heavy (non-hydrogen) atoms. The first-order chi connectivity index (χ1) is 6.52. The number of aliphatic carboxylic acids is 1. The molecule has 0 radical (unpaired) electrons.